The molecule has 0 bridgehead atoms. The molecule has 3 aromatic heterocycles. The minimum Gasteiger partial charge on any atom is -0.454 e. The van der Waals surface area contributed by atoms with E-state index >= 15 is 0 Å². The molecule has 1 aliphatic heterocycles. The normalized spacial score (nSPS) is 12.0. The Morgan fingerprint density at radius 3 is 2.74 bits per heavy atom. The van der Waals surface area contributed by atoms with Crippen LogP contribution in [0.1, 0.15) is 5.56 Å². The van der Waals surface area contributed by atoms with E-state index in [9.17, 15) is 4.79 Å². The van der Waals surface area contributed by atoms with Crippen LogP contribution in [0.25, 0.3) is 16.7 Å². The number of aromatic nitrogens is 5. The minimum atomic E-state index is -0.137. The summed E-state index contributed by atoms with van der Waals surface area (Å²) in [7, 11) is 0. The van der Waals surface area contributed by atoms with Crippen LogP contribution in [0.2, 0.25) is 0 Å². The number of hydrogen-bond acceptors (Lipinski definition) is 8. The fourth-order valence-electron chi connectivity index (χ4n) is 3.95. The van der Waals surface area contributed by atoms with Gasteiger partial charge in [0.15, 0.2) is 23.1 Å². The van der Waals surface area contributed by atoms with Crippen molar-refractivity contribution in [3.8, 4) is 17.3 Å². The summed E-state index contributed by atoms with van der Waals surface area (Å²) in [5, 5.41) is 15.6. The molecule has 0 saturated heterocycles. The first kappa shape index (κ1) is 20.6. The first-order valence-electron chi connectivity index (χ1n) is 10.9. The summed E-state index contributed by atoms with van der Waals surface area (Å²) >= 11 is 0. The molecule has 0 radical (unpaired) electrons. The Hall–Kier alpha value is -4.99. The lowest BCUT2D eigenvalue weighted by Crippen LogP contribution is -2.14. The number of carbonyl (C=O) groups excluding carboxylic acids is 1. The lowest BCUT2D eigenvalue weighted by molar-refractivity contribution is -0.115. The lowest BCUT2D eigenvalue weighted by Gasteiger charge is -2.06. The molecule has 172 valence electrons. The topological polar surface area (TPSA) is 116 Å². The van der Waals surface area contributed by atoms with E-state index in [1.165, 1.54) is 6.33 Å². The molecule has 0 aliphatic carbocycles. The second-order valence-corrected chi connectivity index (χ2v) is 7.83. The van der Waals surface area contributed by atoms with Crippen LogP contribution < -0.4 is 20.1 Å². The van der Waals surface area contributed by atoms with Gasteiger partial charge in [-0.05, 0) is 42.0 Å². The number of anilines is 3. The fourth-order valence-corrected chi connectivity index (χ4v) is 3.95. The van der Waals surface area contributed by atoms with Gasteiger partial charge in [-0.15, -0.1) is 10.2 Å². The van der Waals surface area contributed by atoms with Crippen molar-refractivity contribution in [2.24, 2.45) is 0 Å². The summed E-state index contributed by atoms with van der Waals surface area (Å²) in [5.74, 6) is 2.98. The molecule has 10 heteroatoms. The summed E-state index contributed by atoms with van der Waals surface area (Å²) in [6.45, 7) is 0.187. The van der Waals surface area contributed by atoms with Crippen molar-refractivity contribution in [1.82, 2.24) is 24.7 Å². The van der Waals surface area contributed by atoms with E-state index in [1.807, 2.05) is 47.2 Å². The summed E-state index contributed by atoms with van der Waals surface area (Å²) in [6, 6.07) is 18.7. The van der Waals surface area contributed by atoms with Crippen LogP contribution in [0.15, 0.2) is 79.4 Å². The molecule has 10 nitrogen and oxygen atoms in total. The predicted octanol–water partition coefficient (Wildman–Crippen LogP) is 3.86. The van der Waals surface area contributed by atoms with Gasteiger partial charge in [0.1, 0.15) is 12.1 Å². The summed E-state index contributed by atoms with van der Waals surface area (Å²) in [4.78, 5) is 20.9. The lowest BCUT2D eigenvalue weighted by atomic mass is 10.1. The molecule has 0 spiro atoms. The summed E-state index contributed by atoms with van der Waals surface area (Å²) < 4.78 is 12.6. The van der Waals surface area contributed by atoms with E-state index in [4.69, 9.17) is 9.47 Å². The van der Waals surface area contributed by atoms with Crippen LogP contribution in [0.5, 0.6) is 11.5 Å². The maximum Gasteiger partial charge on any atom is 0.231 e. The van der Waals surface area contributed by atoms with E-state index in [2.05, 4.69) is 30.8 Å². The molecular weight excluding hydrogens is 446 g/mol. The SMILES string of the molecule is O=C(Cc1cn(-c2ccc(Nc3ccncn3)nn2)c2ccccc12)Nc1ccc2c(c1)OCO2. The number of amides is 1. The highest BCUT2D eigenvalue weighted by molar-refractivity contribution is 5.96. The zero-order valence-electron chi connectivity index (χ0n) is 18.4. The first-order valence-corrected chi connectivity index (χ1v) is 10.9. The predicted molar refractivity (Wildman–Crippen MR) is 129 cm³/mol. The average Bonchev–Trinajstić information content (AvgIpc) is 3.50. The molecular formula is C25H19N7O3. The number of ether oxygens (including phenoxy) is 2. The third-order valence-corrected chi connectivity index (χ3v) is 5.54. The van der Waals surface area contributed by atoms with Gasteiger partial charge in [-0.2, -0.15) is 0 Å². The monoisotopic (exact) mass is 465 g/mol. The van der Waals surface area contributed by atoms with Gasteiger partial charge in [-0.3, -0.25) is 9.36 Å². The van der Waals surface area contributed by atoms with E-state index in [0.29, 0.717) is 34.6 Å². The highest BCUT2D eigenvalue weighted by Crippen LogP contribution is 2.34. The molecule has 4 heterocycles. The smallest absolute Gasteiger partial charge is 0.231 e. The van der Waals surface area contributed by atoms with Crippen LogP contribution >= 0.6 is 0 Å². The number of fused-ring (bicyclic) bond motifs is 2. The quantitative estimate of drug-likeness (QED) is 0.388. The van der Waals surface area contributed by atoms with Crippen molar-refractivity contribution in [2.45, 2.75) is 6.42 Å². The Bertz CT molecular complexity index is 1520. The number of rotatable bonds is 6. The van der Waals surface area contributed by atoms with E-state index in [1.54, 1.807) is 30.5 Å². The standard InChI is InChI=1S/C25H19N7O3/c33-25(28-17-5-6-20-21(12-17)35-15-34-20)11-16-13-32(19-4-2-1-3-18(16)19)24-8-7-23(30-31-24)29-22-9-10-26-14-27-22/h1-10,12-14H,11,15H2,(H,28,33)(H,26,27,29,30). The van der Waals surface area contributed by atoms with E-state index < -0.39 is 0 Å². The van der Waals surface area contributed by atoms with Crippen LogP contribution in [0, 0.1) is 0 Å². The molecule has 0 saturated carbocycles. The average molecular weight is 465 g/mol. The van der Waals surface area contributed by atoms with E-state index in [0.717, 1.165) is 16.5 Å². The van der Waals surface area contributed by atoms with Gasteiger partial charge in [0.2, 0.25) is 12.7 Å². The molecule has 1 aliphatic rings. The van der Waals surface area contributed by atoms with Gasteiger partial charge >= 0.3 is 0 Å². The number of benzene rings is 2. The van der Waals surface area contributed by atoms with Crippen molar-refractivity contribution < 1.29 is 14.3 Å². The van der Waals surface area contributed by atoms with Crippen molar-refractivity contribution in [3.63, 3.8) is 0 Å². The van der Waals surface area contributed by atoms with Gasteiger partial charge in [0.05, 0.1) is 11.9 Å². The molecule has 5 aromatic rings. The Labute approximate surface area is 199 Å². The highest BCUT2D eigenvalue weighted by atomic mass is 16.7. The second kappa shape index (κ2) is 8.75. The van der Waals surface area contributed by atoms with Crippen molar-refractivity contribution in [1.29, 1.82) is 0 Å². The molecule has 0 atom stereocenters. The van der Waals surface area contributed by atoms with E-state index in [-0.39, 0.29) is 19.1 Å². The molecule has 1 amide bonds. The number of carbonyl (C=O) groups is 1. The minimum absolute atomic E-state index is 0.137. The molecule has 35 heavy (non-hydrogen) atoms. The largest absolute Gasteiger partial charge is 0.454 e. The maximum atomic E-state index is 12.9. The third kappa shape index (κ3) is 4.20. The van der Waals surface area contributed by atoms with Crippen molar-refractivity contribution in [3.05, 3.63) is 84.9 Å². The van der Waals surface area contributed by atoms with Crippen LogP contribution in [0.3, 0.4) is 0 Å². The molecule has 0 unspecified atom stereocenters. The van der Waals surface area contributed by atoms with Crippen LogP contribution in [-0.2, 0) is 11.2 Å². The van der Waals surface area contributed by atoms with Gasteiger partial charge in [0.25, 0.3) is 0 Å². The molecule has 2 aromatic carbocycles. The number of para-hydroxylation sites is 1. The fraction of sp³-hybridized carbons (Fsp3) is 0.0800. The number of hydrogen-bond donors (Lipinski definition) is 2. The molecule has 0 fully saturated rings. The molecule has 6 rings (SSSR count). The molecule has 2 N–H and O–H groups in total. The third-order valence-electron chi connectivity index (χ3n) is 5.54. The van der Waals surface area contributed by atoms with Crippen LogP contribution in [0.4, 0.5) is 17.3 Å². The summed E-state index contributed by atoms with van der Waals surface area (Å²) in [5.41, 5.74) is 2.47. The highest BCUT2D eigenvalue weighted by Gasteiger charge is 2.16. The number of nitrogens with zero attached hydrogens (tertiary/aromatic N) is 5. The first-order chi connectivity index (χ1) is 17.2. The van der Waals surface area contributed by atoms with Gasteiger partial charge in [-0.1, -0.05) is 18.2 Å². The second-order valence-electron chi connectivity index (χ2n) is 7.83. The van der Waals surface area contributed by atoms with Crippen molar-refractivity contribution in [2.75, 3.05) is 17.4 Å². The Kier molecular flexibility index (Phi) is 5.15. The van der Waals surface area contributed by atoms with Gasteiger partial charge in [0, 0.05) is 29.5 Å². The number of nitrogens with one attached hydrogen (secondary N) is 2. The Morgan fingerprint density at radius 1 is 0.971 bits per heavy atom. The zero-order chi connectivity index (χ0) is 23.6. The zero-order valence-corrected chi connectivity index (χ0v) is 18.4. The maximum absolute atomic E-state index is 12.9. The van der Waals surface area contributed by atoms with Gasteiger partial charge in [-0.25, -0.2) is 9.97 Å². The van der Waals surface area contributed by atoms with Gasteiger partial charge < -0.3 is 20.1 Å². The van der Waals surface area contributed by atoms with Crippen molar-refractivity contribution >= 4 is 34.1 Å². The Morgan fingerprint density at radius 2 is 1.89 bits per heavy atom. The van der Waals surface area contributed by atoms with Crippen LogP contribution in [-0.4, -0.2) is 37.4 Å². The summed E-state index contributed by atoms with van der Waals surface area (Å²) in [6.07, 6.45) is 5.22. The Balaban J connectivity index is 1.23.